The van der Waals surface area contributed by atoms with Crippen LogP contribution in [0.25, 0.3) is 41.2 Å². The third kappa shape index (κ3) is 29.9. The quantitative estimate of drug-likeness (QED) is 0.0153. The number of carbonyl (C=O) groups is 8. The molecule has 674 valence electrons. The van der Waals surface area contributed by atoms with Crippen molar-refractivity contribution in [1.29, 1.82) is 5.41 Å². The molecule has 0 unspecified atom stereocenters. The summed E-state index contributed by atoms with van der Waals surface area (Å²) in [7, 11) is 9.89. The number of aromatic carboxylic acids is 2. The topological polar surface area (TPSA) is 433 Å². The number of halogens is 11. The number of benzene rings is 8. The highest BCUT2D eigenvalue weighted by molar-refractivity contribution is 9.10. The number of piperidine rings is 1. The fraction of sp³-hybridized carbons (Fsp3) is 0.230. The van der Waals surface area contributed by atoms with Crippen LogP contribution in [0.5, 0.6) is 11.5 Å². The molecule has 1 saturated heterocycles. The number of hydrogen-bond donors (Lipinski definition) is 9. The van der Waals surface area contributed by atoms with Crippen LogP contribution in [0.1, 0.15) is 114 Å². The van der Waals surface area contributed by atoms with Crippen molar-refractivity contribution < 1.29 is 99.3 Å². The number of carbonyl (C=O) groups excluding carboxylic acids is 6. The zero-order chi connectivity index (χ0) is 101. The third-order valence-electron chi connectivity index (χ3n) is 18.0. The number of Topliss-reactive ketones (excluding diaryl/α,β-unsaturated/α-hetero) is 1. The SMILES string of the molecule is C=N.CC(=O)N1CCC(=O)CC1.COC(=O)c1cc(Br)c(F)cc1N.Nc1cc(F)c(Br)cc1C(=O)O.[2H]C([2H])(N)c1ccc(OC)c(Cl)c1.[2H]C([2H])(Nc1c2c(nc3cc(F)c([N+]#[C-])cc13)CCN(C(C)=O)C2)c1ccc(OC)c(Cl)c1.[B]C.[C-]#[N+]c1cc(C(=O)O)c(N)cc1F.[C-]#[N+]c1cc(C(=O)OC)c(N)cc1F.[C-]#[N+]c1cc2c(Cl)c3c(nc2cc1F)CCN(C(C)=O)C3. The maximum atomic E-state index is 14.3. The highest BCUT2D eigenvalue weighted by atomic mass is 79.9. The first kappa shape index (κ1) is 101. The van der Waals surface area contributed by atoms with Gasteiger partial charge in [0.2, 0.25) is 40.5 Å². The largest absolute Gasteiger partial charge is 0.495 e. The third-order valence-corrected chi connectivity index (χ3v) is 20.2. The van der Waals surface area contributed by atoms with E-state index in [1.54, 1.807) is 39.0 Å². The number of nitrogens with one attached hydrogen (secondary N) is 2. The summed E-state index contributed by atoms with van der Waals surface area (Å²) in [6, 6.07) is 22.6. The summed E-state index contributed by atoms with van der Waals surface area (Å²) < 4.78 is 130. The molecule has 13 rings (SSSR count). The second-order valence-electron chi connectivity index (χ2n) is 26.0. The minimum atomic E-state index is -2.09. The minimum Gasteiger partial charge on any atom is -0.495 e. The number of anilines is 5. The summed E-state index contributed by atoms with van der Waals surface area (Å²) in [5, 5.41) is 27.6. The van der Waals surface area contributed by atoms with E-state index < -0.39 is 71.8 Å². The van der Waals surface area contributed by atoms with E-state index in [9.17, 15) is 64.7 Å². The summed E-state index contributed by atoms with van der Waals surface area (Å²) in [5.41, 5.74) is 29.7. The molecule has 0 atom stereocenters. The Hall–Kier alpha value is -13.8. The van der Waals surface area contributed by atoms with Crippen LogP contribution in [-0.4, -0.2) is 151 Å². The fourth-order valence-electron chi connectivity index (χ4n) is 11.4. The molecule has 10 aromatic rings. The van der Waals surface area contributed by atoms with Crippen LogP contribution in [-0.2, 0) is 67.6 Å². The summed E-state index contributed by atoms with van der Waals surface area (Å²) in [6.45, 7) is 34.9. The van der Waals surface area contributed by atoms with Crippen LogP contribution >= 0.6 is 66.7 Å². The Balaban J connectivity index is 0.000000327. The van der Waals surface area contributed by atoms with E-state index in [0.717, 1.165) is 53.7 Å². The number of carboxylic acids is 2. The van der Waals surface area contributed by atoms with Gasteiger partial charge in [-0.15, -0.1) is 0 Å². The molecule has 42 heteroatoms. The van der Waals surface area contributed by atoms with E-state index >= 15 is 0 Å². The van der Waals surface area contributed by atoms with E-state index in [1.807, 2.05) is 0 Å². The van der Waals surface area contributed by atoms with Crippen LogP contribution < -0.4 is 43.5 Å². The number of nitrogen functional groups attached to an aromatic ring is 4. The molecule has 14 N–H and O–H groups in total. The van der Waals surface area contributed by atoms with Crippen molar-refractivity contribution in [3.8, 4) is 11.5 Å². The smallest absolute Gasteiger partial charge is 0.339 e. The summed E-state index contributed by atoms with van der Waals surface area (Å²) in [6.07, 6.45) is 2.12. The predicted molar refractivity (Wildman–Crippen MR) is 487 cm³/mol. The van der Waals surface area contributed by atoms with Gasteiger partial charge < -0.3 is 83.3 Å². The molecule has 1 fully saturated rings. The van der Waals surface area contributed by atoms with E-state index in [4.69, 9.17) is 120 Å². The van der Waals surface area contributed by atoms with Crippen LogP contribution in [0.15, 0.2) is 118 Å². The lowest BCUT2D eigenvalue weighted by Gasteiger charge is -2.30. The molecule has 3 aliphatic heterocycles. The predicted octanol–water partition coefficient (Wildman–Crippen LogP) is 18.3. The summed E-state index contributed by atoms with van der Waals surface area (Å²) in [5.74, 6) is -6.50. The Labute approximate surface area is 775 Å². The molecular formula is C87H82BBr2Cl3F6N16O14. The van der Waals surface area contributed by atoms with Gasteiger partial charge in [0.25, 0.3) is 0 Å². The number of nitrogens with two attached hydrogens (primary N) is 5. The molecule has 0 bridgehead atoms. The van der Waals surface area contributed by atoms with E-state index in [0.29, 0.717) is 124 Å². The second kappa shape index (κ2) is 51.7. The molecule has 0 aliphatic carbocycles. The maximum absolute atomic E-state index is 14.3. The lowest BCUT2D eigenvalue weighted by atomic mass is 9.99. The molecule has 3 amide bonds. The van der Waals surface area contributed by atoms with Crippen molar-refractivity contribution in [2.75, 3.05) is 82.9 Å². The molecule has 3 aliphatic rings. The Morgan fingerprint density at radius 2 is 0.860 bits per heavy atom. The number of likely N-dealkylation sites (tertiary alicyclic amines) is 1. The van der Waals surface area contributed by atoms with Crippen molar-refractivity contribution >= 4 is 202 Å². The number of ketones is 1. The molecule has 2 radical (unpaired) electrons. The Morgan fingerprint density at radius 3 is 1.26 bits per heavy atom. The number of esters is 2. The van der Waals surface area contributed by atoms with Gasteiger partial charge in [-0.25, -0.2) is 64.9 Å². The molecule has 5 heterocycles. The lowest BCUT2D eigenvalue weighted by molar-refractivity contribution is -0.133. The van der Waals surface area contributed by atoms with Gasteiger partial charge in [0.05, 0.1) is 123 Å². The number of nitrogens with zero attached hydrogens (tertiary/aromatic N) is 9. The zero-order valence-electron chi connectivity index (χ0n) is 73.6. The highest BCUT2D eigenvalue weighted by Gasteiger charge is 2.28. The van der Waals surface area contributed by atoms with Gasteiger partial charge in [0.1, 0.15) is 52.2 Å². The second-order valence-corrected chi connectivity index (χ2v) is 28.9. The molecular weight excluding hydrogens is 1880 g/mol. The Bertz CT molecular complexity index is 6270. The highest BCUT2D eigenvalue weighted by Crippen LogP contribution is 2.39. The molecule has 8 aromatic carbocycles. The van der Waals surface area contributed by atoms with Gasteiger partial charge in [-0.05, 0) is 147 Å². The van der Waals surface area contributed by atoms with Crippen molar-refractivity contribution in [1.82, 2.24) is 24.7 Å². The van der Waals surface area contributed by atoms with Gasteiger partial charge in [-0.2, -0.15) is 0 Å². The van der Waals surface area contributed by atoms with Crippen molar-refractivity contribution in [3.63, 3.8) is 0 Å². The lowest BCUT2D eigenvalue weighted by Crippen LogP contribution is -2.36. The van der Waals surface area contributed by atoms with Gasteiger partial charge in [0, 0.05) is 163 Å². The van der Waals surface area contributed by atoms with Crippen LogP contribution in [0, 0.1) is 66.6 Å². The number of amides is 3. The molecule has 0 spiro atoms. The number of rotatable bonds is 10. The molecule has 129 heavy (non-hydrogen) atoms. The average Bonchev–Trinajstić information content (AvgIpc) is 0.750. The van der Waals surface area contributed by atoms with Gasteiger partial charge in [0.15, 0.2) is 0 Å². The number of fused-ring (bicyclic) bond motifs is 4. The molecule has 30 nitrogen and oxygen atoms in total. The zero-order valence-corrected chi connectivity index (χ0v) is 75.1. The van der Waals surface area contributed by atoms with E-state index in [-0.39, 0.29) is 117 Å². The van der Waals surface area contributed by atoms with Crippen molar-refractivity contribution in [3.05, 3.63) is 270 Å². The normalized spacial score (nSPS) is 12.3. The molecule has 2 aromatic heterocycles. The van der Waals surface area contributed by atoms with Gasteiger partial charge >= 0.3 is 23.9 Å². The first-order chi connectivity index (χ1) is 62.5. The summed E-state index contributed by atoms with van der Waals surface area (Å²) >= 11 is 24.2. The van der Waals surface area contributed by atoms with E-state index in [2.05, 4.69) is 90.6 Å². The molecule has 0 saturated carbocycles. The monoisotopic (exact) mass is 1970 g/mol. The number of pyridine rings is 2. The fourth-order valence-corrected chi connectivity index (χ4v) is 12.9. The average molecular weight is 1970 g/mol. The van der Waals surface area contributed by atoms with Gasteiger partial charge in [-0.3, -0.25) is 29.1 Å². The Morgan fingerprint density at radius 1 is 0.519 bits per heavy atom. The number of methoxy groups -OCH3 is 4. The van der Waals surface area contributed by atoms with Gasteiger partial charge in [-0.1, -0.05) is 53.8 Å². The van der Waals surface area contributed by atoms with Crippen LogP contribution in [0.2, 0.25) is 21.9 Å². The number of hydrogen-bond acceptors (Lipinski definition) is 21. The number of ether oxygens (including phenoxy) is 4. The first-order valence-corrected chi connectivity index (χ1v) is 39.5. The van der Waals surface area contributed by atoms with Crippen LogP contribution in [0.3, 0.4) is 0 Å². The maximum Gasteiger partial charge on any atom is 0.339 e. The first-order valence-electron chi connectivity index (χ1n) is 38.8. The van der Waals surface area contributed by atoms with E-state index in [1.165, 1.54) is 98.5 Å². The Kier molecular flexibility index (Phi) is 40.3. The number of aromatic nitrogens is 2. The summed E-state index contributed by atoms with van der Waals surface area (Å²) in [4.78, 5) is 114. The number of carboxylic acid groups (broad SMARTS) is 2. The minimum absolute atomic E-state index is 0.0000926. The standard InChI is InChI=1S/C23H20ClFN4O2.C15H11ClFN3O.C9H7FN2O2.C8H7BrFNO2.C8H10ClNO.C8H5FN2O2.C7H5BrFNO2.C7H11NO2.CH3B.CH3N/c1-13(30)29-7-6-19-16(12-29)23(15-9-21(26-2)18(25)10-20(15)28-19)27-11-14-4-5-22(31-3)17(24)8-14;1-8(21)20-4-3-12-10(7-20)15(16)9-5-14(18-2)11(17)6-13(9)19-12;1-12-8-3-5(9(13)14-2)7(11)4-6(8)10;1-13-8(12)4-2-5(9)6(10)3-7(4)11;1-11-8-3-2-6(5-10)4-7(8)9;1-11-7-2-4(8(12)13)6(10)3-5(7)9;8-4-1-3(7(11)12)6(10)2-5(4)9;1-6(9)8-4-2-7(10)3-5-8;2*1-2/h4-5,8-10H,6-7,11-12H2,1,3H3,(H,27,28);5-6H,3-4,7H2,1H3;3-4H,11H2,2H3;2-3H,11H2,1H3;2-4H,5,10H2,1H3;2-3H,10H2,(H,12,13);1-2H,10H2,(H,11,12);2-5H2,1H3;1H3;2H,1H2/i11D2;;;;5D2;;;;;. The van der Waals surface area contributed by atoms with Crippen molar-refractivity contribution in [2.45, 2.75) is 79.4 Å². The van der Waals surface area contributed by atoms with Crippen molar-refractivity contribution in [2.24, 2.45) is 5.73 Å². The van der Waals surface area contributed by atoms with Crippen LogP contribution in [0.4, 0.5) is 77.5 Å².